The summed E-state index contributed by atoms with van der Waals surface area (Å²) in [6.07, 6.45) is 4.32. The molecule has 1 atom stereocenters. The highest BCUT2D eigenvalue weighted by molar-refractivity contribution is 5.83. The number of likely N-dealkylation sites (tertiary alicyclic amines) is 1. The molecule has 1 aromatic heterocycles. The average Bonchev–Trinajstić information content (AvgIpc) is 3.11. The summed E-state index contributed by atoms with van der Waals surface area (Å²) < 4.78 is 5.10. The summed E-state index contributed by atoms with van der Waals surface area (Å²) in [6.45, 7) is 6.31. The van der Waals surface area contributed by atoms with Crippen LogP contribution in [-0.4, -0.2) is 54.0 Å². The van der Waals surface area contributed by atoms with Crippen LogP contribution in [0.15, 0.2) is 30.5 Å². The Kier molecular flexibility index (Phi) is 6.50. The smallest absolute Gasteiger partial charge is 0.309 e. The number of hydrogen-bond donors (Lipinski definition) is 2. The van der Waals surface area contributed by atoms with Gasteiger partial charge in [-0.25, -0.2) is 0 Å². The van der Waals surface area contributed by atoms with Crippen molar-refractivity contribution in [3.05, 3.63) is 36.0 Å². The third-order valence-electron chi connectivity index (χ3n) is 5.45. The normalized spacial score (nSPS) is 17.0. The van der Waals surface area contributed by atoms with Gasteiger partial charge in [0, 0.05) is 23.6 Å². The van der Waals surface area contributed by atoms with E-state index in [2.05, 4.69) is 27.3 Å². The van der Waals surface area contributed by atoms with E-state index in [1.54, 1.807) is 0 Å². The van der Waals surface area contributed by atoms with Crippen LogP contribution in [0.5, 0.6) is 0 Å². The predicted octanol–water partition coefficient (Wildman–Crippen LogP) is 2.49. The van der Waals surface area contributed by atoms with E-state index in [9.17, 15) is 9.59 Å². The number of nitrogens with one attached hydrogen (secondary N) is 2. The first-order valence-corrected chi connectivity index (χ1v) is 9.83. The van der Waals surface area contributed by atoms with Crippen molar-refractivity contribution in [1.82, 2.24) is 15.2 Å². The standard InChI is InChI=1S/C21H29N3O3/c1-3-27-21(26)16-9-12-24(13-10-16)15(2)20(25)22-11-8-17-14-23-19-7-5-4-6-18(17)19/h4-7,14-16,23H,3,8-13H2,1-2H3,(H,22,25). The Hall–Kier alpha value is -2.34. The van der Waals surface area contributed by atoms with E-state index in [0.29, 0.717) is 13.2 Å². The molecule has 1 aliphatic heterocycles. The van der Waals surface area contributed by atoms with Gasteiger partial charge in [-0.05, 0) is 57.8 Å². The maximum Gasteiger partial charge on any atom is 0.309 e. The Morgan fingerprint density at radius 2 is 2.04 bits per heavy atom. The molecule has 6 nitrogen and oxygen atoms in total. The Morgan fingerprint density at radius 3 is 2.78 bits per heavy atom. The van der Waals surface area contributed by atoms with Gasteiger partial charge in [0.2, 0.25) is 5.91 Å². The molecule has 1 amide bonds. The fourth-order valence-electron chi connectivity index (χ4n) is 3.75. The maximum atomic E-state index is 12.5. The molecular weight excluding hydrogens is 342 g/mol. The van der Waals surface area contributed by atoms with Gasteiger partial charge in [0.05, 0.1) is 18.6 Å². The molecule has 0 spiro atoms. The molecule has 1 saturated heterocycles. The zero-order valence-corrected chi connectivity index (χ0v) is 16.2. The van der Waals surface area contributed by atoms with Gasteiger partial charge in [-0.3, -0.25) is 14.5 Å². The molecule has 0 aliphatic carbocycles. The fourth-order valence-corrected chi connectivity index (χ4v) is 3.75. The highest BCUT2D eigenvalue weighted by atomic mass is 16.5. The molecule has 0 bridgehead atoms. The fraction of sp³-hybridized carbons (Fsp3) is 0.524. The lowest BCUT2D eigenvalue weighted by Crippen LogP contribution is -2.49. The predicted molar refractivity (Wildman–Crippen MR) is 105 cm³/mol. The van der Waals surface area contributed by atoms with Crippen LogP contribution in [0.1, 0.15) is 32.3 Å². The van der Waals surface area contributed by atoms with Crippen LogP contribution in [0.4, 0.5) is 0 Å². The number of fused-ring (bicyclic) bond motifs is 1. The number of H-pyrrole nitrogens is 1. The summed E-state index contributed by atoms with van der Waals surface area (Å²) in [7, 11) is 0. The van der Waals surface area contributed by atoms with E-state index in [0.717, 1.165) is 37.9 Å². The van der Waals surface area contributed by atoms with Crippen molar-refractivity contribution < 1.29 is 14.3 Å². The minimum absolute atomic E-state index is 0.0293. The van der Waals surface area contributed by atoms with Crippen LogP contribution < -0.4 is 5.32 Å². The van der Waals surface area contributed by atoms with Gasteiger partial charge in [-0.1, -0.05) is 18.2 Å². The third kappa shape index (κ3) is 4.69. The quantitative estimate of drug-likeness (QED) is 0.734. The van der Waals surface area contributed by atoms with Crippen LogP contribution in [0.2, 0.25) is 0 Å². The van der Waals surface area contributed by atoms with Crippen LogP contribution in [0.25, 0.3) is 10.9 Å². The lowest BCUT2D eigenvalue weighted by molar-refractivity contribution is -0.149. The van der Waals surface area contributed by atoms with Crippen LogP contribution in [0.3, 0.4) is 0 Å². The largest absolute Gasteiger partial charge is 0.466 e. The number of hydrogen-bond acceptors (Lipinski definition) is 4. The second-order valence-electron chi connectivity index (χ2n) is 7.14. The van der Waals surface area contributed by atoms with Crippen molar-refractivity contribution in [2.24, 2.45) is 5.92 Å². The second-order valence-corrected chi connectivity index (χ2v) is 7.14. The van der Waals surface area contributed by atoms with Gasteiger partial charge < -0.3 is 15.0 Å². The first kappa shape index (κ1) is 19.4. The van der Waals surface area contributed by atoms with E-state index >= 15 is 0 Å². The Balaban J connectivity index is 1.44. The average molecular weight is 371 g/mol. The van der Waals surface area contributed by atoms with Crippen LogP contribution >= 0.6 is 0 Å². The summed E-state index contributed by atoms with van der Waals surface area (Å²) >= 11 is 0. The van der Waals surface area contributed by atoms with E-state index in [-0.39, 0.29) is 23.8 Å². The summed E-state index contributed by atoms with van der Waals surface area (Å²) in [4.78, 5) is 29.7. The van der Waals surface area contributed by atoms with Gasteiger partial charge in [0.25, 0.3) is 0 Å². The van der Waals surface area contributed by atoms with E-state index in [4.69, 9.17) is 4.74 Å². The number of amides is 1. The molecule has 1 aromatic carbocycles. The van der Waals surface area contributed by atoms with Gasteiger partial charge in [-0.15, -0.1) is 0 Å². The van der Waals surface area contributed by atoms with Gasteiger partial charge in [0.15, 0.2) is 0 Å². The van der Waals surface area contributed by atoms with Crippen molar-refractivity contribution in [1.29, 1.82) is 0 Å². The summed E-state index contributed by atoms with van der Waals surface area (Å²) in [5, 5.41) is 4.26. The number of aromatic amines is 1. The number of carbonyl (C=O) groups excluding carboxylic acids is 2. The molecule has 2 aromatic rings. The molecule has 1 unspecified atom stereocenters. The summed E-state index contributed by atoms with van der Waals surface area (Å²) in [5.74, 6) is -0.0873. The highest BCUT2D eigenvalue weighted by Crippen LogP contribution is 2.21. The van der Waals surface area contributed by atoms with Gasteiger partial charge in [0.1, 0.15) is 0 Å². The number of para-hydroxylation sites is 1. The number of benzene rings is 1. The number of aromatic nitrogens is 1. The van der Waals surface area contributed by atoms with Gasteiger partial charge in [-0.2, -0.15) is 0 Å². The van der Waals surface area contributed by atoms with E-state index in [1.807, 2.05) is 32.2 Å². The Bertz CT molecular complexity index is 778. The monoisotopic (exact) mass is 371 g/mol. The third-order valence-corrected chi connectivity index (χ3v) is 5.45. The molecule has 6 heteroatoms. The van der Waals surface area contributed by atoms with Crippen molar-refractivity contribution >= 4 is 22.8 Å². The number of rotatable bonds is 7. The second kappa shape index (κ2) is 9.04. The van der Waals surface area contributed by atoms with Gasteiger partial charge >= 0.3 is 5.97 Å². The van der Waals surface area contributed by atoms with Crippen molar-refractivity contribution in [2.75, 3.05) is 26.2 Å². The summed E-state index contributed by atoms with van der Waals surface area (Å²) in [6, 6.07) is 8.01. The maximum absolute atomic E-state index is 12.5. The molecule has 3 rings (SSSR count). The van der Waals surface area contributed by atoms with E-state index < -0.39 is 0 Å². The van der Waals surface area contributed by atoms with Crippen molar-refractivity contribution in [3.63, 3.8) is 0 Å². The molecule has 1 aliphatic rings. The Labute approximate surface area is 160 Å². The van der Waals surface area contributed by atoms with Crippen LogP contribution in [0, 0.1) is 5.92 Å². The van der Waals surface area contributed by atoms with Crippen molar-refractivity contribution in [2.45, 2.75) is 39.2 Å². The lowest BCUT2D eigenvalue weighted by atomic mass is 9.96. The first-order valence-electron chi connectivity index (χ1n) is 9.83. The zero-order chi connectivity index (χ0) is 19.2. The molecule has 2 N–H and O–H groups in total. The highest BCUT2D eigenvalue weighted by Gasteiger charge is 2.30. The minimum Gasteiger partial charge on any atom is -0.466 e. The topological polar surface area (TPSA) is 74.4 Å². The van der Waals surface area contributed by atoms with Crippen LogP contribution in [-0.2, 0) is 20.7 Å². The molecule has 146 valence electrons. The SMILES string of the molecule is CCOC(=O)C1CCN(C(C)C(=O)NCCc2c[nH]c3ccccc23)CC1. The summed E-state index contributed by atoms with van der Waals surface area (Å²) in [5.41, 5.74) is 2.34. The number of ether oxygens (including phenoxy) is 1. The molecule has 2 heterocycles. The zero-order valence-electron chi connectivity index (χ0n) is 16.2. The first-order chi connectivity index (χ1) is 13.1. The lowest BCUT2D eigenvalue weighted by Gasteiger charge is -2.34. The number of carbonyl (C=O) groups is 2. The number of nitrogens with zero attached hydrogens (tertiary/aromatic N) is 1. The van der Waals surface area contributed by atoms with E-state index in [1.165, 1.54) is 10.9 Å². The number of esters is 1. The minimum atomic E-state index is -0.184. The molecular formula is C21H29N3O3. The molecule has 1 fully saturated rings. The molecule has 0 radical (unpaired) electrons. The number of piperidine rings is 1. The molecule has 0 saturated carbocycles. The Morgan fingerprint density at radius 1 is 1.30 bits per heavy atom. The molecule has 27 heavy (non-hydrogen) atoms. The van der Waals surface area contributed by atoms with Crippen molar-refractivity contribution in [3.8, 4) is 0 Å².